The molecule has 1 atom stereocenters. The molecule has 4 fully saturated rings. The Morgan fingerprint density at radius 3 is 2.04 bits per heavy atom. The van der Waals surface area contributed by atoms with Crippen molar-refractivity contribution in [2.75, 3.05) is 0 Å². The minimum Gasteiger partial charge on any atom is -0.352 e. The molecule has 0 unspecified atom stereocenters. The van der Waals surface area contributed by atoms with Crippen molar-refractivity contribution in [3.8, 4) is 0 Å². The lowest BCUT2D eigenvalue weighted by atomic mass is 9.48. The van der Waals surface area contributed by atoms with Gasteiger partial charge in [-0.15, -0.1) is 0 Å². The number of carbonyl (C=O) groups excluding carboxylic acids is 1. The van der Waals surface area contributed by atoms with Gasteiger partial charge in [0, 0.05) is 6.04 Å². The van der Waals surface area contributed by atoms with Crippen molar-refractivity contribution < 1.29 is 4.79 Å². The molecule has 4 aliphatic rings. The van der Waals surface area contributed by atoms with E-state index >= 15 is 0 Å². The van der Waals surface area contributed by atoms with Crippen LogP contribution in [-0.2, 0) is 10.2 Å². The number of nitrogens with one attached hydrogen (secondary N) is 1. The summed E-state index contributed by atoms with van der Waals surface area (Å²) in [6.07, 6.45) is 8.38. The van der Waals surface area contributed by atoms with Crippen molar-refractivity contribution in [3.63, 3.8) is 0 Å². The Morgan fingerprint density at radius 1 is 1.04 bits per heavy atom. The van der Waals surface area contributed by atoms with Gasteiger partial charge in [-0.2, -0.15) is 0 Å². The summed E-state index contributed by atoms with van der Waals surface area (Å²) in [6.45, 7) is 6.36. The van der Waals surface area contributed by atoms with Gasteiger partial charge in [0.15, 0.2) is 0 Å². The Hall–Kier alpha value is -1.31. The maximum Gasteiger partial charge on any atom is 0.230 e. The molecular weight excluding hydrogens is 294 g/mol. The van der Waals surface area contributed by atoms with Crippen molar-refractivity contribution in [1.82, 2.24) is 5.32 Å². The summed E-state index contributed by atoms with van der Waals surface area (Å²) in [4.78, 5) is 13.1. The molecule has 2 heteroatoms. The maximum atomic E-state index is 13.1. The first-order valence-corrected chi connectivity index (χ1v) is 9.75. The summed E-state index contributed by atoms with van der Waals surface area (Å²) in [5.74, 6) is 2.96. The first kappa shape index (κ1) is 16.2. The number of rotatable bonds is 4. The van der Waals surface area contributed by atoms with E-state index in [4.69, 9.17) is 0 Å². The Balaban J connectivity index is 1.50. The van der Waals surface area contributed by atoms with Gasteiger partial charge in [-0.25, -0.2) is 0 Å². The largest absolute Gasteiger partial charge is 0.352 e. The predicted molar refractivity (Wildman–Crippen MR) is 97.7 cm³/mol. The molecule has 1 aromatic carbocycles. The number of amides is 1. The minimum atomic E-state index is -0.474. The van der Waals surface area contributed by atoms with Crippen LogP contribution in [0.4, 0.5) is 0 Å². The molecule has 5 rings (SSSR count). The monoisotopic (exact) mass is 325 g/mol. The van der Waals surface area contributed by atoms with E-state index in [1.165, 1.54) is 38.5 Å². The van der Waals surface area contributed by atoms with E-state index in [1.54, 1.807) is 0 Å². The van der Waals surface area contributed by atoms with Crippen LogP contribution in [0.15, 0.2) is 30.3 Å². The Kier molecular flexibility index (Phi) is 3.78. The summed E-state index contributed by atoms with van der Waals surface area (Å²) >= 11 is 0. The smallest absolute Gasteiger partial charge is 0.230 e. The highest BCUT2D eigenvalue weighted by atomic mass is 16.2. The van der Waals surface area contributed by atoms with Gasteiger partial charge in [0.05, 0.1) is 5.41 Å². The van der Waals surface area contributed by atoms with Crippen LogP contribution >= 0.6 is 0 Å². The van der Waals surface area contributed by atoms with Crippen molar-refractivity contribution in [3.05, 3.63) is 35.9 Å². The van der Waals surface area contributed by atoms with Gasteiger partial charge >= 0.3 is 0 Å². The van der Waals surface area contributed by atoms with E-state index in [9.17, 15) is 4.79 Å². The fraction of sp³-hybridized carbons (Fsp3) is 0.682. The van der Waals surface area contributed by atoms with Gasteiger partial charge in [0.1, 0.15) is 0 Å². The maximum absolute atomic E-state index is 13.1. The molecule has 0 saturated heterocycles. The van der Waals surface area contributed by atoms with Gasteiger partial charge in [-0.1, -0.05) is 30.3 Å². The van der Waals surface area contributed by atoms with E-state index in [0.717, 1.165) is 23.3 Å². The van der Waals surface area contributed by atoms with Gasteiger partial charge in [0.25, 0.3) is 0 Å². The van der Waals surface area contributed by atoms with Gasteiger partial charge in [-0.3, -0.25) is 4.79 Å². The molecule has 1 amide bonds. The van der Waals surface area contributed by atoms with Crippen LogP contribution in [0.25, 0.3) is 0 Å². The molecular formula is C22H31NO. The van der Waals surface area contributed by atoms with Crippen LogP contribution in [0.2, 0.25) is 0 Å². The molecule has 0 spiro atoms. The number of carbonyl (C=O) groups is 1. The summed E-state index contributed by atoms with van der Waals surface area (Å²) in [6, 6.07) is 10.5. The third-order valence-corrected chi connectivity index (χ3v) is 7.41. The predicted octanol–water partition coefficient (Wildman–Crippen LogP) is 4.69. The van der Waals surface area contributed by atoms with E-state index in [-0.39, 0.29) is 5.91 Å². The third kappa shape index (κ3) is 2.59. The molecule has 0 radical (unpaired) electrons. The summed E-state index contributed by atoms with van der Waals surface area (Å²) in [5, 5.41) is 3.44. The second-order valence-electron chi connectivity index (χ2n) is 9.47. The fourth-order valence-electron chi connectivity index (χ4n) is 6.22. The number of hydrogen-bond donors (Lipinski definition) is 1. The standard InChI is InChI=1S/C22H31NO/c1-15(22-12-16-9-17(13-22)11-18(10-16)14-22)23-20(24)21(2,3)19-7-5-4-6-8-19/h4-8,15-18H,9-14H2,1-3H3,(H,23,24)/t15-,16?,17?,18?,22?/m1/s1. The zero-order chi connectivity index (χ0) is 16.9. The van der Waals surface area contributed by atoms with E-state index < -0.39 is 5.41 Å². The molecule has 4 saturated carbocycles. The lowest BCUT2D eigenvalue weighted by Crippen LogP contribution is -2.57. The first-order chi connectivity index (χ1) is 11.4. The van der Waals surface area contributed by atoms with Crippen LogP contribution < -0.4 is 5.32 Å². The van der Waals surface area contributed by atoms with Crippen LogP contribution in [0.5, 0.6) is 0 Å². The SMILES string of the molecule is C[C@@H](NC(=O)C(C)(C)c1ccccc1)C12CC3CC(CC(C3)C1)C2. The molecule has 1 aromatic rings. The van der Waals surface area contributed by atoms with Crippen molar-refractivity contribution >= 4 is 5.91 Å². The van der Waals surface area contributed by atoms with E-state index in [2.05, 4.69) is 24.4 Å². The zero-order valence-corrected chi connectivity index (χ0v) is 15.3. The molecule has 24 heavy (non-hydrogen) atoms. The highest BCUT2D eigenvalue weighted by Crippen LogP contribution is 2.61. The van der Waals surface area contributed by atoms with Gasteiger partial charge in [0.2, 0.25) is 5.91 Å². The van der Waals surface area contributed by atoms with E-state index in [0.29, 0.717) is 11.5 Å². The quantitative estimate of drug-likeness (QED) is 0.855. The van der Waals surface area contributed by atoms with Crippen LogP contribution in [-0.4, -0.2) is 11.9 Å². The average molecular weight is 325 g/mol. The van der Waals surface area contributed by atoms with Crippen LogP contribution in [0.1, 0.15) is 64.9 Å². The second kappa shape index (κ2) is 5.61. The molecule has 4 aliphatic carbocycles. The molecule has 4 bridgehead atoms. The van der Waals surface area contributed by atoms with Crippen molar-refractivity contribution in [2.45, 2.75) is 70.8 Å². The topological polar surface area (TPSA) is 29.1 Å². The summed E-state index contributed by atoms with van der Waals surface area (Å²) < 4.78 is 0. The lowest BCUT2D eigenvalue weighted by Gasteiger charge is -2.59. The molecule has 0 aromatic heterocycles. The second-order valence-corrected chi connectivity index (χ2v) is 9.47. The molecule has 1 N–H and O–H groups in total. The molecule has 0 aliphatic heterocycles. The van der Waals surface area contributed by atoms with Crippen LogP contribution in [0.3, 0.4) is 0 Å². The highest BCUT2D eigenvalue weighted by Gasteiger charge is 2.53. The Labute approximate surface area is 146 Å². The molecule has 2 nitrogen and oxygen atoms in total. The average Bonchev–Trinajstić information content (AvgIpc) is 2.54. The normalized spacial score (nSPS) is 35.7. The number of hydrogen-bond acceptors (Lipinski definition) is 1. The molecule has 0 heterocycles. The van der Waals surface area contributed by atoms with Gasteiger partial charge < -0.3 is 5.32 Å². The zero-order valence-electron chi connectivity index (χ0n) is 15.3. The molecule has 130 valence electrons. The van der Waals surface area contributed by atoms with Crippen molar-refractivity contribution in [1.29, 1.82) is 0 Å². The lowest BCUT2D eigenvalue weighted by molar-refractivity contribution is -0.130. The number of benzene rings is 1. The Bertz CT molecular complexity index is 583. The first-order valence-electron chi connectivity index (χ1n) is 9.75. The minimum absolute atomic E-state index is 0.178. The summed E-state index contributed by atoms with van der Waals surface area (Å²) in [7, 11) is 0. The highest BCUT2D eigenvalue weighted by molar-refractivity contribution is 5.87. The third-order valence-electron chi connectivity index (χ3n) is 7.41. The van der Waals surface area contributed by atoms with E-state index in [1.807, 2.05) is 32.0 Å². The van der Waals surface area contributed by atoms with Crippen molar-refractivity contribution in [2.24, 2.45) is 23.2 Å². The fourth-order valence-corrected chi connectivity index (χ4v) is 6.22. The van der Waals surface area contributed by atoms with Gasteiger partial charge in [-0.05, 0) is 88.0 Å². The summed E-state index contributed by atoms with van der Waals surface area (Å²) in [5.41, 5.74) is 0.995. The van der Waals surface area contributed by atoms with Crippen LogP contribution in [0, 0.1) is 23.2 Å². The Morgan fingerprint density at radius 2 is 1.54 bits per heavy atom.